The number of ether oxygens (including phenoxy) is 1. The largest absolute Gasteiger partial charge is 0.492 e. The fourth-order valence-corrected chi connectivity index (χ4v) is 2.97. The molecule has 0 aliphatic carbocycles. The summed E-state index contributed by atoms with van der Waals surface area (Å²) in [5.41, 5.74) is 1.37. The van der Waals surface area contributed by atoms with Crippen LogP contribution in [0, 0.1) is 0 Å². The molecule has 1 fully saturated rings. The van der Waals surface area contributed by atoms with Gasteiger partial charge in [-0.1, -0.05) is 25.5 Å². The SMILES string of the molecule is CCNC(C)Cc1ccc(OCCN2CCCCC2)cc1. The summed E-state index contributed by atoms with van der Waals surface area (Å²) in [6, 6.07) is 9.10. The van der Waals surface area contributed by atoms with Gasteiger partial charge in [-0.2, -0.15) is 0 Å². The third-order valence-corrected chi connectivity index (χ3v) is 4.14. The van der Waals surface area contributed by atoms with Crippen molar-refractivity contribution >= 4 is 0 Å². The van der Waals surface area contributed by atoms with E-state index < -0.39 is 0 Å². The maximum Gasteiger partial charge on any atom is 0.119 e. The second kappa shape index (κ2) is 9.06. The summed E-state index contributed by atoms with van der Waals surface area (Å²) in [7, 11) is 0. The summed E-state index contributed by atoms with van der Waals surface area (Å²) in [4.78, 5) is 2.51. The Hall–Kier alpha value is -1.06. The second-order valence-corrected chi connectivity index (χ2v) is 6.06. The van der Waals surface area contributed by atoms with E-state index in [9.17, 15) is 0 Å². The minimum absolute atomic E-state index is 0.529. The molecule has 1 aromatic rings. The maximum absolute atomic E-state index is 5.86. The van der Waals surface area contributed by atoms with Gasteiger partial charge < -0.3 is 10.1 Å². The Bertz CT molecular complexity index is 385. The van der Waals surface area contributed by atoms with Gasteiger partial charge in [0.1, 0.15) is 12.4 Å². The van der Waals surface area contributed by atoms with Gasteiger partial charge in [0.2, 0.25) is 0 Å². The number of nitrogens with zero attached hydrogens (tertiary/aromatic N) is 1. The highest BCUT2D eigenvalue weighted by molar-refractivity contribution is 5.27. The Morgan fingerprint density at radius 3 is 2.52 bits per heavy atom. The van der Waals surface area contributed by atoms with Crippen LogP contribution in [0.15, 0.2) is 24.3 Å². The number of rotatable bonds is 8. The van der Waals surface area contributed by atoms with Crippen molar-refractivity contribution in [3.8, 4) is 5.75 Å². The first-order valence-electron chi connectivity index (χ1n) is 8.45. The van der Waals surface area contributed by atoms with Gasteiger partial charge in [-0.25, -0.2) is 0 Å². The van der Waals surface area contributed by atoms with Crippen molar-refractivity contribution in [1.29, 1.82) is 0 Å². The summed E-state index contributed by atoms with van der Waals surface area (Å²) in [5, 5.41) is 3.44. The van der Waals surface area contributed by atoms with Crippen LogP contribution in [-0.2, 0) is 6.42 Å². The monoisotopic (exact) mass is 290 g/mol. The number of likely N-dealkylation sites (tertiary alicyclic amines) is 1. The van der Waals surface area contributed by atoms with E-state index in [-0.39, 0.29) is 0 Å². The Morgan fingerprint density at radius 2 is 1.86 bits per heavy atom. The van der Waals surface area contributed by atoms with Gasteiger partial charge in [0.05, 0.1) is 0 Å². The molecule has 1 aliphatic rings. The molecule has 1 aromatic carbocycles. The highest BCUT2D eigenvalue weighted by Gasteiger charge is 2.09. The molecule has 3 heteroatoms. The molecule has 0 aromatic heterocycles. The van der Waals surface area contributed by atoms with E-state index in [4.69, 9.17) is 4.74 Å². The highest BCUT2D eigenvalue weighted by atomic mass is 16.5. The van der Waals surface area contributed by atoms with Gasteiger partial charge in [0, 0.05) is 12.6 Å². The van der Waals surface area contributed by atoms with Gasteiger partial charge in [-0.3, -0.25) is 4.90 Å². The molecule has 1 aliphatic heterocycles. The summed E-state index contributed by atoms with van der Waals surface area (Å²) in [6.45, 7) is 9.74. The quantitative estimate of drug-likeness (QED) is 0.796. The number of hydrogen-bond acceptors (Lipinski definition) is 3. The fourth-order valence-electron chi connectivity index (χ4n) is 2.97. The molecule has 0 amide bonds. The van der Waals surface area contributed by atoms with Gasteiger partial charge in [-0.05, 0) is 63.5 Å². The van der Waals surface area contributed by atoms with Crippen LogP contribution < -0.4 is 10.1 Å². The van der Waals surface area contributed by atoms with Crippen molar-refractivity contribution in [3.63, 3.8) is 0 Å². The topological polar surface area (TPSA) is 24.5 Å². The van der Waals surface area contributed by atoms with E-state index in [2.05, 4.69) is 48.3 Å². The smallest absolute Gasteiger partial charge is 0.119 e. The fraction of sp³-hybridized carbons (Fsp3) is 0.667. The molecule has 118 valence electrons. The average molecular weight is 290 g/mol. The predicted octanol–water partition coefficient (Wildman–Crippen LogP) is 3.09. The Balaban J connectivity index is 1.69. The first-order chi connectivity index (χ1) is 10.3. The van der Waals surface area contributed by atoms with E-state index >= 15 is 0 Å². The van der Waals surface area contributed by atoms with Crippen molar-refractivity contribution in [1.82, 2.24) is 10.2 Å². The summed E-state index contributed by atoms with van der Waals surface area (Å²) in [6.07, 6.45) is 5.16. The number of benzene rings is 1. The highest BCUT2D eigenvalue weighted by Crippen LogP contribution is 2.14. The molecule has 0 radical (unpaired) electrons. The average Bonchev–Trinajstić information content (AvgIpc) is 2.50. The molecular formula is C18H30N2O. The van der Waals surface area contributed by atoms with Gasteiger partial charge in [-0.15, -0.1) is 0 Å². The Labute approximate surface area is 129 Å². The van der Waals surface area contributed by atoms with Gasteiger partial charge in [0.25, 0.3) is 0 Å². The minimum atomic E-state index is 0.529. The molecule has 3 nitrogen and oxygen atoms in total. The normalized spacial score (nSPS) is 17.6. The Morgan fingerprint density at radius 1 is 1.14 bits per heavy atom. The first kappa shape index (κ1) is 16.3. The molecule has 1 saturated heterocycles. The summed E-state index contributed by atoms with van der Waals surface area (Å²) >= 11 is 0. The van der Waals surface area contributed by atoms with Crippen LogP contribution in [0.25, 0.3) is 0 Å². The first-order valence-corrected chi connectivity index (χ1v) is 8.45. The second-order valence-electron chi connectivity index (χ2n) is 6.06. The minimum Gasteiger partial charge on any atom is -0.492 e. The molecule has 0 saturated carbocycles. The number of nitrogens with one attached hydrogen (secondary N) is 1. The molecule has 1 unspecified atom stereocenters. The number of piperidine rings is 1. The van der Waals surface area contributed by atoms with Crippen LogP contribution in [0.1, 0.15) is 38.7 Å². The number of likely N-dealkylation sites (N-methyl/N-ethyl adjacent to an activating group) is 1. The lowest BCUT2D eigenvalue weighted by atomic mass is 10.1. The molecule has 2 rings (SSSR count). The zero-order chi connectivity index (χ0) is 14.9. The van der Waals surface area contributed by atoms with Gasteiger partial charge in [0.15, 0.2) is 0 Å². The zero-order valence-corrected chi connectivity index (χ0v) is 13.6. The van der Waals surface area contributed by atoms with Crippen molar-refractivity contribution in [2.75, 3.05) is 32.8 Å². The Kier molecular flexibility index (Phi) is 7.04. The van der Waals surface area contributed by atoms with Crippen molar-refractivity contribution in [2.24, 2.45) is 0 Å². The molecule has 1 N–H and O–H groups in total. The van der Waals surface area contributed by atoms with Crippen LogP contribution in [0.5, 0.6) is 5.75 Å². The molecular weight excluding hydrogens is 260 g/mol. The predicted molar refractivity (Wildman–Crippen MR) is 89.1 cm³/mol. The summed E-state index contributed by atoms with van der Waals surface area (Å²) in [5.74, 6) is 0.992. The van der Waals surface area contributed by atoms with Crippen molar-refractivity contribution in [2.45, 2.75) is 45.6 Å². The third-order valence-electron chi connectivity index (χ3n) is 4.14. The number of hydrogen-bond donors (Lipinski definition) is 1. The van der Waals surface area contributed by atoms with E-state index in [1.54, 1.807) is 0 Å². The summed E-state index contributed by atoms with van der Waals surface area (Å²) < 4.78 is 5.86. The van der Waals surface area contributed by atoms with Crippen LogP contribution in [0.4, 0.5) is 0 Å². The molecule has 1 atom stereocenters. The van der Waals surface area contributed by atoms with E-state index in [0.29, 0.717) is 6.04 Å². The molecule has 1 heterocycles. The van der Waals surface area contributed by atoms with E-state index in [1.807, 2.05) is 0 Å². The molecule has 0 bridgehead atoms. The maximum atomic E-state index is 5.86. The van der Waals surface area contributed by atoms with Crippen LogP contribution >= 0.6 is 0 Å². The zero-order valence-electron chi connectivity index (χ0n) is 13.6. The van der Waals surface area contributed by atoms with E-state index in [1.165, 1.54) is 37.9 Å². The lowest BCUT2D eigenvalue weighted by molar-refractivity contribution is 0.183. The van der Waals surface area contributed by atoms with Crippen LogP contribution in [0.3, 0.4) is 0 Å². The third kappa shape index (κ3) is 6.06. The van der Waals surface area contributed by atoms with Crippen LogP contribution in [0.2, 0.25) is 0 Å². The molecule has 21 heavy (non-hydrogen) atoms. The van der Waals surface area contributed by atoms with E-state index in [0.717, 1.165) is 31.9 Å². The van der Waals surface area contributed by atoms with Crippen LogP contribution in [-0.4, -0.2) is 43.7 Å². The lowest BCUT2D eigenvalue weighted by Crippen LogP contribution is -2.33. The van der Waals surface area contributed by atoms with Crippen molar-refractivity contribution in [3.05, 3.63) is 29.8 Å². The lowest BCUT2D eigenvalue weighted by Gasteiger charge is -2.26. The standard InChI is InChI=1S/C18H30N2O/c1-3-19-16(2)15-17-7-9-18(10-8-17)21-14-13-20-11-5-4-6-12-20/h7-10,16,19H,3-6,11-15H2,1-2H3. The van der Waals surface area contributed by atoms with Crippen molar-refractivity contribution < 1.29 is 4.74 Å². The van der Waals surface area contributed by atoms with Gasteiger partial charge >= 0.3 is 0 Å². The molecule has 0 spiro atoms.